The molecule has 5 heteroatoms. The number of benzene rings is 3. The van der Waals surface area contributed by atoms with Crippen LogP contribution in [-0.4, -0.2) is 11.6 Å². The Hall–Kier alpha value is -2.84. The minimum Gasteiger partial charge on any atom is -0.311 e. The molecule has 0 bridgehead atoms. The van der Waals surface area contributed by atoms with Crippen molar-refractivity contribution in [1.29, 1.82) is 0 Å². The maximum atomic E-state index is 14.2. The third-order valence-electron chi connectivity index (χ3n) is 4.03. The van der Waals surface area contributed by atoms with Gasteiger partial charge in [-0.15, -0.1) is 0 Å². The number of azo groups is 1. The molecule has 3 aromatic rings. The minimum absolute atomic E-state index is 0.277. The van der Waals surface area contributed by atoms with Crippen LogP contribution >= 0.6 is 7.14 Å². The van der Waals surface area contributed by atoms with Crippen LogP contribution in [0.1, 0.15) is 6.92 Å². The first kappa shape index (κ1) is 18.0. The lowest BCUT2D eigenvalue weighted by atomic mass is 10.3. The lowest BCUT2D eigenvalue weighted by Crippen LogP contribution is -2.29. The van der Waals surface area contributed by atoms with Crippen LogP contribution in [0.3, 0.4) is 0 Å². The first-order chi connectivity index (χ1) is 12.6. The zero-order chi connectivity index (χ0) is 18.4. The molecule has 0 N–H and O–H groups in total. The summed E-state index contributed by atoms with van der Waals surface area (Å²) in [5.41, 5.74) is 0.617. The molecule has 0 amide bonds. The van der Waals surface area contributed by atoms with Crippen LogP contribution in [0.15, 0.2) is 101 Å². The Morgan fingerprint density at radius 2 is 1.19 bits per heavy atom. The molecule has 0 saturated carbocycles. The minimum atomic E-state index is -3.34. The number of hydrogen-bond donors (Lipinski definition) is 0. The second-order valence-electron chi connectivity index (χ2n) is 5.86. The van der Waals surface area contributed by atoms with Crippen LogP contribution in [0, 0.1) is 0 Å². The average molecular weight is 362 g/mol. The zero-order valence-corrected chi connectivity index (χ0v) is 15.3. The number of Topliss-reactive ketones (excluding diaryl/α,β-unsaturated/α-hetero) is 1. The number of rotatable bonds is 6. The van der Waals surface area contributed by atoms with Gasteiger partial charge in [-0.3, -0.25) is 4.79 Å². The van der Waals surface area contributed by atoms with Crippen molar-refractivity contribution in [2.75, 3.05) is 0 Å². The molecule has 0 spiro atoms. The molecule has 0 saturated heterocycles. The molecule has 1 atom stereocenters. The summed E-state index contributed by atoms with van der Waals surface area (Å²) in [7, 11) is -3.34. The van der Waals surface area contributed by atoms with E-state index in [0.29, 0.717) is 16.3 Å². The third kappa shape index (κ3) is 3.71. The van der Waals surface area contributed by atoms with Gasteiger partial charge in [-0.05, 0) is 19.1 Å². The van der Waals surface area contributed by atoms with Crippen molar-refractivity contribution in [1.82, 2.24) is 0 Å². The number of ketones is 1. The zero-order valence-electron chi connectivity index (χ0n) is 14.4. The fraction of sp³-hybridized carbons (Fsp3) is 0.0952. The number of carbonyl (C=O) groups is 1. The van der Waals surface area contributed by atoms with Gasteiger partial charge < -0.3 is 4.57 Å². The standard InChI is InChI=1S/C21H19N2O2P/c1-17(24)21(23-22-18-11-5-2-6-12-18)26(25,19-13-7-3-8-14-19)20-15-9-4-10-16-20/h2-16,21H,1H3/t21-/m0/s1. The van der Waals surface area contributed by atoms with Crippen LogP contribution in [0.5, 0.6) is 0 Å². The molecular weight excluding hydrogens is 343 g/mol. The highest BCUT2D eigenvalue weighted by Crippen LogP contribution is 2.49. The van der Waals surface area contributed by atoms with E-state index < -0.39 is 12.9 Å². The molecule has 0 unspecified atom stereocenters. The summed E-state index contributed by atoms with van der Waals surface area (Å²) in [5.74, 6) is -1.34. The predicted molar refractivity (Wildman–Crippen MR) is 105 cm³/mol. The highest BCUT2D eigenvalue weighted by molar-refractivity contribution is 7.80. The molecule has 130 valence electrons. The number of carbonyl (C=O) groups excluding carboxylic acids is 1. The molecular formula is C21H19N2O2P. The monoisotopic (exact) mass is 362 g/mol. The van der Waals surface area contributed by atoms with Gasteiger partial charge in [-0.2, -0.15) is 10.2 Å². The van der Waals surface area contributed by atoms with Gasteiger partial charge in [0.2, 0.25) is 0 Å². The summed E-state index contributed by atoms with van der Waals surface area (Å²) < 4.78 is 14.2. The van der Waals surface area contributed by atoms with Gasteiger partial charge in [0.1, 0.15) is 0 Å². The molecule has 26 heavy (non-hydrogen) atoms. The molecule has 0 radical (unpaired) electrons. The topological polar surface area (TPSA) is 58.9 Å². The van der Waals surface area contributed by atoms with Gasteiger partial charge in [0, 0.05) is 10.6 Å². The van der Waals surface area contributed by atoms with E-state index in [1.54, 1.807) is 36.4 Å². The Morgan fingerprint density at radius 3 is 1.62 bits per heavy atom. The highest BCUT2D eigenvalue weighted by atomic mass is 31.2. The van der Waals surface area contributed by atoms with Crippen LogP contribution in [-0.2, 0) is 9.36 Å². The molecule has 4 nitrogen and oxygen atoms in total. The van der Waals surface area contributed by atoms with Crippen molar-refractivity contribution in [2.45, 2.75) is 12.7 Å². The SMILES string of the molecule is CC(=O)[C@@H](N=Nc1ccccc1)P(=O)(c1ccccc1)c1ccccc1. The largest absolute Gasteiger partial charge is 0.311 e. The van der Waals surface area contributed by atoms with Gasteiger partial charge >= 0.3 is 0 Å². The molecule has 0 fully saturated rings. The summed E-state index contributed by atoms with van der Waals surface area (Å²) in [6.45, 7) is 1.41. The van der Waals surface area contributed by atoms with E-state index >= 15 is 0 Å². The smallest absolute Gasteiger partial charge is 0.189 e. The Labute approximate surface area is 153 Å². The summed E-state index contributed by atoms with van der Waals surface area (Å²) in [6, 6.07) is 27.2. The Morgan fingerprint density at radius 1 is 0.769 bits per heavy atom. The van der Waals surface area contributed by atoms with Crippen molar-refractivity contribution >= 4 is 29.2 Å². The molecule has 0 aliphatic carbocycles. The first-order valence-corrected chi connectivity index (χ1v) is 10.1. The van der Waals surface area contributed by atoms with E-state index in [0.717, 1.165) is 0 Å². The van der Waals surface area contributed by atoms with E-state index in [1.165, 1.54) is 6.92 Å². The normalized spacial score (nSPS) is 12.8. The number of nitrogens with zero attached hydrogens (tertiary/aromatic N) is 2. The van der Waals surface area contributed by atoms with E-state index in [9.17, 15) is 9.36 Å². The summed E-state index contributed by atoms with van der Waals surface area (Å²) >= 11 is 0. The average Bonchev–Trinajstić information content (AvgIpc) is 2.70. The van der Waals surface area contributed by atoms with E-state index in [1.807, 2.05) is 54.6 Å². The third-order valence-corrected chi connectivity index (χ3v) is 7.31. The lowest BCUT2D eigenvalue weighted by Gasteiger charge is -2.23. The maximum absolute atomic E-state index is 14.2. The first-order valence-electron chi connectivity index (χ1n) is 8.29. The van der Waals surface area contributed by atoms with E-state index in [-0.39, 0.29) is 5.78 Å². The van der Waals surface area contributed by atoms with E-state index in [2.05, 4.69) is 10.2 Å². The quantitative estimate of drug-likeness (QED) is 0.471. The Bertz CT molecular complexity index is 898. The van der Waals surface area contributed by atoms with Crippen LogP contribution in [0.25, 0.3) is 0 Å². The van der Waals surface area contributed by atoms with Gasteiger partial charge in [0.15, 0.2) is 18.7 Å². The van der Waals surface area contributed by atoms with Gasteiger partial charge in [0.25, 0.3) is 0 Å². The van der Waals surface area contributed by atoms with E-state index in [4.69, 9.17) is 0 Å². The summed E-state index contributed by atoms with van der Waals surface area (Å²) in [6.07, 6.45) is 0. The molecule has 0 aliphatic rings. The lowest BCUT2D eigenvalue weighted by molar-refractivity contribution is -0.116. The van der Waals surface area contributed by atoms with Gasteiger partial charge in [-0.25, -0.2) is 0 Å². The molecule has 0 heterocycles. The number of hydrogen-bond acceptors (Lipinski definition) is 4. The summed E-state index contributed by atoms with van der Waals surface area (Å²) in [5, 5.41) is 9.60. The Kier molecular flexibility index (Phi) is 5.55. The van der Waals surface area contributed by atoms with Gasteiger partial charge in [-0.1, -0.05) is 78.9 Å². The van der Waals surface area contributed by atoms with Crippen molar-refractivity contribution in [2.24, 2.45) is 10.2 Å². The van der Waals surface area contributed by atoms with Crippen molar-refractivity contribution in [3.05, 3.63) is 91.0 Å². The summed E-state index contributed by atoms with van der Waals surface area (Å²) in [4.78, 5) is 12.4. The molecule has 0 aromatic heterocycles. The second kappa shape index (κ2) is 8.03. The molecule has 3 rings (SSSR count). The second-order valence-corrected chi connectivity index (χ2v) is 8.70. The van der Waals surface area contributed by atoms with Crippen LogP contribution in [0.2, 0.25) is 0 Å². The Balaban J connectivity index is 2.14. The van der Waals surface area contributed by atoms with Crippen molar-refractivity contribution in [3.63, 3.8) is 0 Å². The highest BCUT2D eigenvalue weighted by Gasteiger charge is 2.40. The molecule has 3 aromatic carbocycles. The van der Waals surface area contributed by atoms with Crippen molar-refractivity contribution in [3.8, 4) is 0 Å². The van der Waals surface area contributed by atoms with Crippen LogP contribution in [0.4, 0.5) is 5.69 Å². The maximum Gasteiger partial charge on any atom is 0.189 e. The van der Waals surface area contributed by atoms with Gasteiger partial charge in [0.05, 0.1) is 5.69 Å². The van der Waals surface area contributed by atoms with Crippen molar-refractivity contribution < 1.29 is 9.36 Å². The van der Waals surface area contributed by atoms with Crippen LogP contribution < -0.4 is 10.6 Å². The molecule has 0 aliphatic heterocycles. The fourth-order valence-electron chi connectivity index (χ4n) is 2.76. The predicted octanol–water partition coefficient (Wildman–Crippen LogP) is 4.70. The fourth-order valence-corrected chi connectivity index (χ4v) is 5.56.